The summed E-state index contributed by atoms with van der Waals surface area (Å²) in [6, 6.07) is 0. The average Bonchev–Trinajstić information content (AvgIpc) is 3.43. The van der Waals surface area contributed by atoms with Crippen LogP contribution in [-0.2, 0) is 28.6 Å². The topological polar surface area (TPSA) is 78.9 Å². The lowest BCUT2D eigenvalue weighted by Crippen LogP contribution is -2.30. The molecule has 440 valence electrons. The van der Waals surface area contributed by atoms with Crippen molar-refractivity contribution >= 4 is 17.9 Å². The number of hydrogen-bond donors (Lipinski definition) is 0. The smallest absolute Gasteiger partial charge is 0.306 e. The van der Waals surface area contributed by atoms with Gasteiger partial charge in [0.2, 0.25) is 0 Å². The van der Waals surface area contributed by atoms with Gasteiger partial charge in [-0.3, -0.25) is 14.4 Å². The van der Waals surface area contributed by atoms with Crippen molar-refractivity contribution in [2.24, 2.45) is 0 Å². The maximum Gasteiger partial charge on any atom is 0.306 e. The molecular formula is C71H120O6. The minimum absolute atomic E-state index is 0.0888. The van der Waals surface area contributed by atoms with Crippen LogP contribution in [0.5, 0.6) is 0 Å². The molecule has 0 amide bonds. The van der Waals surface area contributed by atoms with Gasteiger partial charge in [0.1, 0.15) is 13.2 Å². The molecule has 6 nitrogen and oxygen atoms in total. The largest absolute Gasteiger partial charge is 0.462 e. The first kappa shape index (κ1) is 73.1. The van der Waals surface area contributed by atoms with Gasteiger partial charge in [-0.1, -0.05) is 265 Å². The van der Waals surface area contributed by atoms with Gasteiger partial charge in [0.15, 0.2) is 6.10 Å². The normalized spacial score (nSPS) is 12.8. The van der Waals surface area contributed by atoms with E-state index in [0.717, 1.165) is 122 Å². The molecule has 0 aromatic heterocycles. The van der Waals surface area contributed by atoms with E-state index in [2.05, 4.69) is 130 Å². The third-order valence-corrected chi connectivity index (χ3v) is 13.7. The van der Waals surface area contributed by atoms with Crippen LogP contribution in [0, 0.1) is 0 Å². The van der Waals surface area contributed by atoms with Crippen molar-refractivity contribution in [3.05, 3.63) is 109 Å². The minimum atomic E-state index is -0.794. The van der Waals surface area contributed by atoms with Gasteiger partial charge in [0, 0.05) is 19.3 Å². The van der Waals surface area contributed by atoms with Crippen molar-refractivity contribution in [2.75, 3.05) is 13.2 Å². The third-order valence-electron chi connectivity index (χ3n) is 13.7. The second kappa shape index (κ2) is 64.6. The molecule has 1 atom stereocenters. The predicted octanol–water partition coefficient (Wildman–Crippen LogP) is 22.2. The first-order chi connectivity index (χ1) is 38.0. The highest BCUT2D eigenvalue weighted by Gasteiger charge is 2.19. The second-order valence-corrected chi connectivity index (χ2v) is 21.3. The number of esters is 3. The summed E-state index contributed by atoms with van der Waals surface area (Å²) >= 11 is 0. The molecule has 0 saturated carbocycles. The lowest BCUT2D eigenvalue weighted by molar-refractivity contribution is -0.167. The monoisotopic (exact) mass is 1070 g/mol. The molecule has 0 aliphatic rings. The van der Waals surface area contributed by atoms with E-state index >= 15 is 0 Å². The Bertz CT molecular complexity index is 1560. The Morgan fingerprint density at radius 3 is 0.792 bits per heavy atom. The van der Waals surface area contributed by atoms with E-state index in [4.69, 9.17) is 14.2 Å². The molecule has 0 fully saturated rings. The molecular weight excluding hydrogens is 949 g/mol. The van der Waals surface area contributed by atoms with Gasteiger partial charge < -0.3 is 14.2 Å². The van der Waals surface area contributed by atoms with E-state index in [1.165, 1.54) is 141 Å². The first-order valence-corrected chi connectivity index (χ1v) is 32.4. The SMILES string of the molecule is CC/C=C\C/C=C\C/C=C\C/C=C\CCCCCCCCCCCCC(=O)OCC(COC(=O)CCCCCCCCC/C=C\C/C=C\CCCCC)OC(=O)CCCCCCCC/C=C\C/C=C\C/C=C\CCCCC. The summed E-state index contributed by atoms with van der Waals surface area (Å²) in [6.07, 6.45) is 87.9. The van der Waals surface area contributed by atoms with Crippen molar-refractivity contribution < 1.29 is 28.6 Å². The van der Waals surface area contributed by atoms with Gasteiger partial charge >= 0.3 is 17.9 Å². The standard InChI is InChI=1S/C71H120O6/c1-4-7-10-13-16-19-22-25-28-31-33-34-35-36-38-40-43-46-49-52-55-58-61-64-70(73)76-67-68(66-75-69(72)63-60-57-54-51-48-45-42-39-30-27-24-21-18-15-12-9-6-3)77-71(74)65-62-59-56-53-50-47-44-41-37-32-29-26-23-20-17-14-11-8-5-2/h7,10,16-21,25-30,33-34,37,41,68H,4-6,8-9,11-15,22-24,31-32,35-36,38-40,42-67H2,1-3H3/b10-7-,19-16-,20-17-,21-18-,28-25-,29-26-,30-27-,34-33-,41-37-. The number of ether oxygens (including phenoxy) is 3. The Labute approximate surface area is 476 Å². The van der Waals surface area contributed by atoms with Crippen LogP contribution in [0.2, 0.25) is 0 Å². The van der Waals surface area contributed by atoms with Crippen LogP contribution in [0.4, 0.5) is 0 Å². The van der Waals surface area contributed by atoms with Gasteiger partial charge in [-0.15, -0.1) is 0 Å². The summed E-state index contributed by atoms with van der Waals surface area (Å²) in [7, 11) is 0. The molecule has 6 heteroatoms. The molecule has 0 aliphatic carbocycles. The molecule has 77 heavy (non-hydrogen) atoms. The third kappa shape index (κ3) is 62.8. The van der Waals surface area contributed by atoms with Crippen LogP contribution in [0.15, 0.2) is 109 Å². The molecule has 0 saturated heterocycles. The van der Waals surface area contributed by atoms with Gasteiger partial charge in [0.25, 0.3) is 0 Å². The molecule has 0 aliphatic heterocycles. The molecule has 0 aromatic carbocycles. The summed E-state index contributed by atoms with van der Waals surface area (Å²) in [5.74, 6) is -0.905. The number of rotatable bonds is 58. The van der Waals surface area contributed by atoms with Gasteiger partial charge in [-0.05, 0) is 128 Å². The zero-order valence-corrected chi connectivity index (χ0v) is 50.4. The van der Waals surface area contributed by atoms with E-state index in [1.54, 1.807) is 0 Å². The summed E-state index contributed by atoms with van der Waals surface area (Å²) in [5, 5.41) is 0. The number of carbonyl (C=O) groups is 3. The molecule has 0 rings (SSSR count). The summed E-state index contributed by atoms with van der Waals surface area (Å²) in [6.45, 7) is 6.48. The Balaban J connectivity index is 4.41. The maximum absolute atomic E-state index is 12.9. The number of unbranched alkanes of at least 4 members (excludes halogenated alkanes) is 29. The van der Waals surface area contributed by atoms with Crippen LogP contribution in [0.25, 0.3) is 0 Å². The second-order valence-electron chi connectivity index (χ2n) is 21.3. The van der Waals surface area contributed by atoms with Crippen LogP contribution in [-0.4, -0.2) is 37.2 Å². The Morgan fingerprint density at radius 1 is 0.273 bits per heavy atom. The van der Waals surface area contributed by atoms with Gasteiger partial charge in [0.05, 0.1) is 0 Å². The quantitative estimate of drug-likeness (QED) is 0.0261. The van der Waals surface area contributed by atoms with Crippen LogP contribution in [0.3, 0.4) is 0 Å². The van der Waals surface area contributed by atoms with E-state index in [0.29, 0.717) is 19.3 Å². The molecule has 0 bridgehead atoms. The fourth-order valence-corrected chi connectivity index (χ4v) is 8.88. The molecule has 0 spiro atoms. The van der Waals surface area contributed by atoms with Crippen LogP contribution < -0.4 is 0 Å². The summed E-state index contributed by atoms with van der Waals surface area (Å²) in [4.78, 5) is 38.4. The Hall–Kier alpha value is -3.93. The fraction of sp³-hybridized carbons (Fsp3) is 0.704. The maximum atomic E-state index is 12.9. The van der Waals surface area contributed by atoms with Crippen molar-refractivity contribution in [1.29, 1.82) is 0 Å². The van der Waals surface area contributed by atoms with Crippen LogP contribution >= 0.6 is 0 Å². The summed E-state index contributed by atoms with van der Waals surface area (Å²) < 4.78 is 16.9. The van der Waals surface area contributed by atoms with Crippen molar-refractivity contribution in [3.8, 4) is 0 Å². The lowest BCUT2D eigenvalue weighted by Gasteiger charge is -2.18. The van der Waals surface area contributed by atoms with Crippen molar-refractivity contribution in [2.45, 2.75) is 309 Å². The number of hydrogen-bond acceptors (Lipinski definition) is 6. The lowest BCUT2D eigenvalue weighted by atomic mass is 10.1. The van der Waals surface area contributed by atoms with E-state index in [9.17, 15) is 14.4 Å². The highest BCUT2D eigenvalue weighted by Crippen LogP contribution is 2.16. The van der Waals surface area contributed by atoms with Crippen LogP contribution in [0.1, 0.15) is 303 Å². The van der Waals surface area contributed by atoms with Gasteiger partial charge in [-0.2, -0.15) is 0 Å². The highest BCUT2D eigenvalue weighted by molar-refractivity contribution is 5.71. The molecule has 0 aromatic rings. The Kier molecular flexibility index (Phi) is 61.3. The zero-order chi connectivity index (χ0) is 55.7. The molecule has 0 radical (unpaired) electrons. The summed E-state index contributed by atoms with van der Waals surface area (Å²) in [5.41, 5.74) is 0. The van der Waals surface area contributed by atoms with E-state index in [-0.39, 0.29) is 31.1 Å². The molecule has 0 heterocycles. The minimum Gasteiger partial charge on any atom is -0.462 e. The Morgan fingerprint density at radius 2 is 0.506 bits per heavy atom. The fourth-order valence-electron chi connectivity index (χ4n) is 8.88. The van der Waals surface area contributed by atoms with Gasteiger partial charge in [-0.25, -0.2) is 0 Å². The highest BCUT2D eigenvalue weighted by atomic mass is 16.6. The molecule has 0 N–H and O–H groups in total. The van der Waals surface area contributed by atoms with E-state index in [1.807, 2.05) is 0 Å². The zero-order valence-electron chi connectivity index (χ0n) is 50.4. The first-order valence-electron chi connectivity index (χ1n) is 32.4. The molecule has 1 unspecified atom stereocenters. The predicted molar refractivity (Wildman–Crippen MR) is 334 cm³/mol. The number of allylic oxidation sites excluding steroid dienone is 18. The number of carbonyl (C=O) groups excluding carboxylic acids is 3. The van der Waals surface area contributed by atoms with Crippen molar-refractivity contribution in [3.63, 3.8) is 0 Å². The van der Waals surface area contributed by atoms with Crippen molar-refractivity contribution in [1.82, 2.24) is 0 Å². The average molecular weight is 1070 g/mol. The van der Waals surface area contributed by atoms with E-state index < -0.39 is 6.10 Å².